The smallest absolute Gasteiger partial charge is 0.414 e. The third-order valence-electron chi connectivity index (χ3n) is 8.10. The number of pyridine rings is 1. The average Bonchev–Trinajstić information content (AvgIpc) is 3.24. The van der Waals surface area contributed by atoms with Crippen LogP contribution in [-0.2, 0) is 14.6 Å². The molecule has 1 aliphatic rings. The number of hydrogen-bond donors (Lipinski definition) is 1. The van der Waals surface area contributed by atoms with E-state index in [1.165, 1.54) is 24.3 Å². The van der Waals surface area contributed by atoms with E-state index in [2.05, 4.69) is 60.2 Å². The Morgan fingerprint density at radius 1 is 1.18 bits per heavy atom. The van der Waals surface area contributed by atoms with Crippen molar-refractivity contribution in [1.82, 2.24) is 15.0 Å². The number of nitrogens with one attached hydrogen (secondary N) is 1. The first-order valence-corrected chi connectivity index (χ1v) is 17.8. The number of ether oxygens (including phenoxy) is 2. The number of anilines is 3. The number of benzene rings is 1. The Hall–Kier alpha value is -3.79. The summed E-state index contributed by atoms with van der Waals surface area (Å²) in [6.07, 6.45) is 1.90. The zero-order valence-electron chi connectivity index (χ0n) is 27.4. The summed E-state index contributed by atoms with van der Waals surface area (Å²) in [4.78, 5) is 27.6. The fraction of sp³-hybridized carbons (Fsp3) is 0.469. The van der Waals surface area contributed by atoms with E-state index in [-0.39, 0.29) is 41.3 Å². The maximum Gasteiger partial charge on any atom is 0.414 e. The number of carbonyl (C=O) groups excluding carboxylic acids is 1. The summed E-state index contributed by atoms with van der Waals surface area (Å²) >= 11 is 6.12. The lowest BCUT2D eigenvalue weighted by molar-refractivity contribution is 0.0575. The Labute approximate surface area is 270 Å². The van der Waals surface area contributed by atoms with Crippen LogP contribution in [0.25, 0.3) is 11.3 Å². The molecule has 0 spiro atoms. The molecule has 2 aromatic heterocycles. The molecule has 45 heavy (non-hydrogen) atoms. The fourth-order valence-electron chi connectivity index (χ4n) is 4.70. The highest BCUT2D eigenvalue weighted by atomic mass is 35.5. The summed E-state index contributed by atoms with van der Waals surface area (Å²) in [5.41, 5.74) is 0.449. The van der Waals surface area contributed by atoms with Gasteiger partial charge in [-0.1, -0.05) is 39.3 Å². The highest BCUT2D eigenvalue weighted by Crippen LogP contribution is 2.47. The molecule has 0 aliphatic carbocycles. The number of aromatic nitrogens is 3. The van der Waals surface area contributed by atoms with Crippen molar-refractivity contribution in [2.45, 2.75) is 77.6 Å². The molecule has 1 atom stereocenters. The molecule has 3 heterocycles. The minimum Gasteiger partial charge on any atom is -0.480 e. The molecule has 0 radical (unpaired) electrons. The number of hydrogen-bond acceptors (Lipinski definition) is 9. The molecule has 1 N–H and O–H groups in total. The number of fused-ring (bicyclic) bond motifs is 1. The van der Waals surface area contributed by atoms with E-state index in [0.29, 0.717) is 27.5 Å². The van der Waals surface area contributed by atoms with Crippen molar-refractivity contribution in [3.05, 3.63) is 52.6 Å². The second kappa shape index (κ2) is 12.2. The minimum absolute atomic E-state index is 0.0378. The molecule has 1 aromatic carbocycles. The number of nitrogens with zero attached hydrogens (tertiary/aromatic N) is 5. The van der Waals surface area contributed by atoms with Crippen molar-refractivity contribution < 1.29 is 23.1 Å². The summed E-state index contributed by atoms with van der Waals surface area (Å²) in [5, 5.41) is 13.6. The van der Waals surface area contributed by atoms with Gasteiger partial charge in [0.15, 0.2) is 14.1 Å². The van der Waals surface area contributed by atoms with Crippen molar-refractivity contribution in [3.8, 4) is 23.2 Å². The lowest BCUT2D eigenvalue weighted by Gasteiger charge is -2.39. The van der Waals surface area contributed by atoms with E-state index in [9.17, 15) is 10.1 Å². The van der Waals surface area contributed by atoms with Gasteiger partial charge in [-0.05, 0) is 62.7 Å². The van der Waals surface area contributed by atoms with Gasteiger partial charge in [0.1, 0.15) is 23.1 Å². The van der Waals surface area contributed by atoms with Gasteiger partial charge in [-0.3, -0.25) is 4.90 Å². The van der Waals surface area contributed by atoms with Crippen LogP contribution in [0.15, 0.2) is 30.6 Å². The van der Waals surface area contributed by atoms with Gasteiger partial charge in [-0.2, -0.15) is 5.26 Å². The zero-order valence-corrected chi connectivity index (χ0v) is 29.2. The Kier molecular flexibility index (Phi) is 9.23. The number of halogens is 2. The minimum atomic E-state index is -2.21. The normalized spacial score (nSPS) is 16.6. The predicted molar refractivity (Wildman–Crippen MR) is 175 cm³/mol. The summed E-state index contributed by atoms with van der Waals surface area (Å²) in [6.45, 7) is 18.6. The van der Waals surface area contributed by atoms with Gasteiger partial charge in [0.2, 0.25) is 11.8 Å². The molecule has 13 heteroatoms. The van der Waals surface area contributed by atoms with Crippen molar-refractivity contribution in [3.63, 3.8) is 0 Å². The van der Waals surface area contributed by atoms with Gasteiger partial charge in [0, 0.05) is 30.3 Å². The van der Waals surface area contributed by atoms with Crippen LogP contribution < -0.4 is 15.0 Å². The Morgan fingerprint density at radius 3 is 2.47 bits per heavy atom. The molecule has 3 aromatic rings. The third-order valence-corrected chi connectivity index (χ3v) is 12.8. The molecule has 4 rings (SSSR count). The second-order valence-electron chi connectivity index (χ2n) is 13.9. The van der Waals surface area contributed by atoms with E-state index < -0.39 is 31.2 Å². The first kappa shape index (κ1) is 34.1. The third kappa shape index (κ3) is 7.21. The van der Waals surface area contributed by atoms with Crippen LogP contribution in [-0.4, -0.2) is 55.2 Å². The summed E-state index contributed by atoms with van der Waals surface area (Å²) in [5.74, 6) is -0.383. The van der Waals surface area contributed by atoms with E-state index in [1.807, 2.05) is 6.92 Å². The molecule has 0 bridgehead atoms. The monoisotopic (exact) mass is 654 g/mol. The molecule has 0 fully saturated rings. The highest BCUT2D eigenvalue weighted by molar-refractivity contribution is 6.74. The van der Waals surface area contributed by atoms with Gasteiger partial charge in [-0.15, -0.1) is 0 Å². The van der Waals surface area contributed by atoms with Gasteiger partial charge in [0.05, 0.1) is 29.6 Å². The van der Waals surface area contributed by atoms with E-state index in [0.717, 1.165) is 6.20 Å². The van der Waals surface area contributed by atoms with Crippen LogP contribution in [0.5, 0.6) is 5.88 Å². The van der Waals surface area contributed by atoms with Gasteiger partial charge >= 0.3 is 6.09 Å². The number of carbonyl (C=O) groups is 1. The van der Waals surface area contributed by atoms with E-state index in [1.54, 1.807) is 32.9 Å². The molecular weight excluding hydrogens is 615 g/mol. The van der Waals surface area contributed by atoms with Gasteiger partial charge < -0.3 is 19.2 Å². The molecule has 0 saturated carbocycles. The van der Waals surface area contributed by atoms with Crippen LogP contribution in [0.2, 0.25) is 23.2 Å². The van der Waals surface area contributed by atoms with Crippen molar-refractivity contribution in [2.24, 2.45) is 0 Å². The number of methoxy groups -OCH3 is 1. The largest absolute Gasteiger partial charge is 0.480 e. The first-order valence-electron chi connectivity index (χ1n) is 14.5. The molecule has 0 unspecified atom stereocenters. The lowest BCUT2D eigenvalue weighted by atomic mass is 9.83. The molecule has 0 saturated heterocycles. The molecular formula is C32H40ClFN6O4Si. The van der Waals surface area contributed by atoms with Crippen LogP contribution in [0.1, 0.15) is 59.6 Å². The predicted octanol–water partition coefficient (Wildman–Crippen LogP) is 7.99. The SMILES string of the molecule is COc1ncc(Cl)cc1Nc1ncc(F)c(-c2cc(C#N)c3c(c2)[C@@](C)(CO[Si](C)(C)C(C)(C)C)CN3C(=O)OC(C)(C)C)n1. The molecule has 10 nitrogen and oxygen atoms in total. The second-order valence-corrected chi connectivity index (χ2v) is 19.2. The lowest BCUT2D eigenvalue weighted by Crippen LogP contribution is -2.46. The topological polar surface area (TPSA) is 122 Å². The zero-order chi connectivity index (χ0) is 33.5. The highest BCUT2D eigenvalue weighted by Gasteiger charge is 2.47. The molecule has 1 aliphatic heterocycles. The number of rotatable bonds is 7. The van der Waals surface area contributed by atoms with Crippen LogP contribution >= 0.6 is 11.6 Å². The Morgan fingerprint density at radius 2 is 1.87 bits per heavy atom. The maximum atomic E-state index is 15.4. The van der Waals surface area contributed by atoms with Crippen LogP contribution in [0, 0.1) is 17.1 Å². The summed E-state index contributed by atoms with van der Waals surface area (Å²) in [6, 6.07) is 7.09. The average molecular weight is 655 g/mol. The first-order chi connectivity index (χ1) is 20.8. The number of amides is 1. The quantitative estimate of drug-likeness (QED) is 0.253. The summed E-state index contributed by atoms with van der Waals surface area (Å²) in [7, 11) is -0.749. The Bertz CT molecular complexity index is 1670. The van der Waals surface area contributed by atoms with Crippen molar-refractivity contribution in [2.75, 3.05) is 30.5 Å². The molecule has 240 valence electrons. The van der Waals surface area contributed by atoms with E-state index in [4.69, 9.17) is 25.5 Å². The van der Waals surface area contributed by atoms with Crippen LogP contribution in [0.4, 0.5) is 26.5 Å². The molecule has 1 amide bonds. The van der Waals surface area contributed by atoms with Gasteiger partial charge in [-0.25, -0.2) is 24.1 Å². The van der Waals surface area contributed by atoms with Crippen molar-refractivity contribution in [1.29, 1.82) is 5.26 Å². The van der Waals surface area contributed by atoms with E-state index >= 15 is 4.39 Å². The summed E-state index contributed by atoms with van der Waals surface area (Å²) < 4.78 is 33.1. The van der Waals surface area contributed by atoms with Crippen LogP contribution in [0.3, 0.4) is 0 Å². The van der Waals surface area contributed by atoms with Gasteiger partial charge in [0.25, 0.3) is 0 Å². The standard InChI is InChI=1S/C32H40ClFN6O4Si/c1-30(2,3)44-29(41)40-17-32(7,18-43-45(9,10)31(4,5)6)22-12-19(11-20(14-35)26(22)40)25-23(34)16-37-28(39-25)38-24-13-21(33)15-36-27(24)42-8/h11-13,15-16H,17-18H2,1-10H3,(H,37,38,39)/t32-/m1/s1. The van der Waals surface area contributed by atoms with Crippen molar-refractivity contribution >= 4 is 43.3 Å². The number of nitriles is 1. The Balaban J connectivity index is 1.84. The maximum absolute atomic E-state index is 15.4. The fourth-order valence-corrected chi connectivity index (χ4v) is 5.97.